The first kappa shape index (κ1) is 21.6. The van der Waals surface area contributed by atoms with E-state index in [4.69, 9.17) is 9.15 Å². The second-order valence-corrected chi connectivity index (χ2v) is 8.49. The highest BCUT2D eigenvalue weighted by Crippen LogP contribution is 2.40. The highest BCUT2D eigenvalue weighted by molar-refractivity contribution is 6.10. The number of rotatable bonds is 3. The van der Waals surface area contributed by atoms with Crippen LogP contribution in [0.25, 0.3) is 11.0 Å². The van der Waals surface area contributed by atoms with Gasteiger partial charge in [0.15, 0.2) is 5.43 Å². The van der Waals surface area contributed by atoms with Crippen molar-refractivity contribution >= 4 is 28.7 Å². The molecule has 0 bridgehead atoms. The summed E-state index contributed by atoms with van der Waals surface area (Å²) >= 11 is 0. The van der Waals surface area contributed by atoms with Crippen LogP contribution < -0.4 is 10.3 Å². The number of aromatic nitrogens is 1. The smallest absolute Gasteiger partial charge is 0.337 e. The first-order chi connectivity index (χ1) is 16.3. The van der Waals surface area contributed by atoms with Gasteiger partial charge in [-0.05, 0) is 73.4 Å². The molecule has 0 spiro atoms. The van der Waals surface area contributed by atoms with Gasteiger partial charge in [0.1, 0.15) is 11.4 Å². The summed E-state index contributed by atoms with van der Waals surface area (Å²) in [6, 6.07) is 13.1. The van der Waals surface area contributed by atoms with Crippen LogP contribution in [0.5, 0.6) is 0 Å². The Hall–Kier alpha value is -4.26. The Balaban J connectivity index is 1.77. The van der Waals surface area contributed by atoms with Gasteiger partial charge in [-0.25, -0.2) is 9.78 Å². The van der Waals surface area contributed by atoms with Crippen molar-refractivity contribution in [3.8, 4) is 0 Å². The molecule has 34 heavy (non-hydrogen) atoms. The molecule has 1 aliphatic rings. The molecule has 0 radical (unpaired) electrons. The molecule has 4 aromatic rings. The molecule has 0 saturated heterocycles. The summed E-state index contributed by atoms with van der Waals surface area (Å²) in [5.41, 5.74) is 4.26. The molecule has 1 amide bonds. The van der Waals surface area contributed by atoms with Crippen LogP contribution in [0.1, 0.15) is 54.8 Å². The predicted molar refractivity (Wildman–Crippen MR) is 127 cm³/mol. The Morgan fingerprint density at radius 2 is 1.71 bits per heavy atom. The minimum Gasteiger partial charge on any atom is -0.465 e. The first-order valence-electron chi connectivity index (χ1n) is 10.8. The number of anilines is 1. The van der Waals surface area contributed by atoms with Crippen molar-refractivity contribution in [2.24, 2.45) is 0 Å². The Bertz CT molecular complexity index is 1520. The van der Waals surface area contributed by atoms with E-state index in [2.05, 4.69) is 4.98 Å². The summed E-state index contributed by atoms with van der Waals surface area (Å²) < 4.78 is 10.8. The van der Waals surface area contributed by atoms with E-state index in [1.165, 1.54) is 12.0 Å². The molecule has 0 N–H and O–H groups in total. The molecule has 1 aliphatic heterocycles. The molecule has 3 heterocycles. The molecule has 1 unspecified atom stereocenters. The van der Waals surface area contributed by atoms with Crippen molar-refractivity contribution in [1.29, 1.82) is 0 Å². The predicted octanol–water partition coefficient (Wildman–Crippen LogP) is 4.65. The molecule has 7 heteroatoms. The Kier molecular flexibility index (Phi) is 5.05. The first-order valence-corrected chi connectivity index (χ1v) is 10.8. The number of esters is 1. The molecule has 2 aromatic heterocycles. The summed E-state index contributed by atoms with van der Waals surface area (Å²) in [6.07, 6.45) is 1.67. The maximum absolute atomic E-state index is 13.7. The number of pyridine rings is 1. The molecule has 0 saturated carbocycles. The summed E-state index contributed by atoms with van der Waals surface area (Å²) in [6.45, 7) is 5.76. The SMILES string of the molecule is COC(=O)c1ccc(C2c3c(oc4cc(C)c(C)cc4c3=O)C(=O)N2c2ccc(C)cn2)cc1. The zero-order chi connectivity index (χ0) is 24.1. The maximum Gasteiger partial charge on any atom is 0.337 e. The maximum atomic E-state index is 13.7. The number of amides is 1. The monoisotopic (exact) mass is 454 g/mol. The highest BCUT2D eigenvalue weighted by Gasteiger charge is 2.44. The van der Waals surface area contributed by atoms with Crippen LogP contribution in [0.15, 0.2) is 63.9 Å². The van der Waals surface area contributed by atoms with Crippen LogP contribution in [0.4, 0.5) is 5.82 Å². The highest BCUT2D eigenvalue weighted by atomic mass is 16.5. The molecule has 170 valence electrons. The van der Waals surface area contributed by atoms with Crippen molar-refractivity contribution in [1.82, 2.24) is 4.98 Å². The van der Waals surface area contributed by atoms with Gasteiger partial charge in [-0.1, -0.05) is 18.2 Å². The third-order valence-corrected chi connectivity index (χ3v) is 6.28. The molecule has 2 aromatic carbocycles. The van der Waals surface area contributed by atoms with Gasteiger partial charge in [0.25, 0.3) is 5.91 Å². The average Bonchev–Trinajstić information content (AvgIpc) is 3.13. The lowest BCUT2D eigenvalue weighted by Crippen LogP contribution is -2.30. The fourth-order valence-corrected chi connectivity index (χ4v) is 4.30. The summed E-state index contributed by atoms with van der Waals surface area (Å²) in [5, 5.41) is 0.421. The second-order valence-electron chi connectivity index (χ2n) is 8.49. The quantitative estimate of drug-likeness (QED) is 0.419. The lowest BCUT2D eigenvalue weighted by atomic mass is 9.96. The average molecular weight is 454 g/mol. The van der Waals surface area contributed by atoms with Crippen LogP contribution in [0.3, 0.4) is 0 Å². The molecule has 0 fully saturated rings. The van der Waals surface area contributed by atoms with Crippen LogP contribution >= 0.6 is 0 Å². The number of methoxy groups -OCH3 is 1. The summed E-state index contributed by atoms with van der Waals surface area (Å²) in [4.78, 5) is 45.2. The van der Waals surface area contributed by atoms with E-state index in [1.54, 1.807) is 48.7 Å². The molecule has 7 nitrogen and oxygen atoms in total. The van der Waals surface area contributed by atoms with Crippen molar-refractivity contribution in [3.63, 3.8) is 0 Å². The van der Waals surface area contributed by atoms with Crippen LogP contribution in [-0.4, -0.2) is 24.0 Å². The van der Waals surface area contributed by atoms with E-state index >= 15 is 0 Å². The van der Waals surface area contributed by atoms with Gasteiger partial charge in [-0.3, -0.25) is 14.5 Å². The summed E-state index contributed by atoms with van der Waals surface area (Å²) in [5.74, 6) is -0.501. The number of nitrogens with zero attached hydrogens (tertiary/aromatic N) is 2. The largest absolute Gasteiger partial charge is 0.465 e. The zero-order valence-electron chi connectivity index (χ0n) is 19.2. The van der Waals surface area contributed by atoms with Crippen molar-refractivity contribution < 1.29 is 18.7 Å². The number of hydrogen-bond acceptors (Lipinski definition) is 6. The Morgan fingerprint density at radius 1 is 1.00 bits per heavy atom. The van der Waals surface area contributed by atoms with Crippen molar-refractivity contribution in [3.05, 3.63) is 104 Å². The Morgan fingerprint density at radius 3 is 2.35 bits per heavy atom. The summed E-state index contributed by atoms with van der Waals surface area (Å²) in [7, 11) is 1.31. The fourth-order valence-electron chi connectivity index (χ4n) is 4.30. The van der Waals surface area contributed by atoms with Gasteiger partial charge in [0.05, 0.1) is 29.7 Å². The van der Waals surface area contributed by atoms with E-state index in [9.17, 15) is 14.4 Å². The van der Waals surface area contributed by atoms with Gasteiger partial charge in [0.2, 0.25) is 5.76 Å². The number of aryl methyl sites for hydroxylation is 3. The zero-order valence-corrected chi connectivity index (χ0v) is 19.2. The van der Waals surface area contributed by atoms with E-state index in [0.29, 0.717) is 27.9 Å². The normalized spacial score (nSPS) is 15.0. The lowest BCUT2D eigenvalue weighted by Gasteiger charge is -2.24. The minimum atomic E-state index is -0.758. The number of carbonyl (C=O) groups excluding carboxylic acids is 2. The van der Waals surface area contributed by atoms with Crippen LogP contribution in [0.2, 0.25) is 0 Å². The number of carbonyl (C=O) groups is 2. The van der Waals surface area contributed by atoms with E-state index in [0.717, 1.165) is 16.7 Å². The standard InChI is InChI=1S/C27H22N2O5/c1-14-5-10-21(28-13-14)29-23(17-6-8-18(9-7-17)27(32)33-4)22-24(30)19-11-15(2)16(3)12-20(19)34-25(22)26(29)31/h5-13,23H,1-4H3. The van der Waals surface area contributed by atoms with Crippen LogP contribution in [0, 0.1) is 20.8 Å². The topological polar surface area (TPSA) is 89.7 Å². The van der Waals surface area contributed by atoms with Gasteiger partial charge in [-0.15, -0.1) is 0 Å². The number of ether oxygens (including phenoxy) is 1. The number of fused-ring (bicyclic) bond motifs is 2. The van der Waals surface area contributed by atoms with Gasteiger partial charge >= 0.3 is 5.97 Å². The van der Waals surface area contributed by atoms with Crippen LogP contribution in [-0.2, 0) is 4.74 Å². The third kappa shape index (κ3) is 3.28. The number of hydrogen-bond donors (Lipinski definition) is 0. The molecular weight excluding hydrogens is 432 g/mol. The molecular formula is C27H22N2O5. The van der Waals surface area contributed by atoms with Crippen molar-refractivity contribution in [2.75, 3.05) is 12.0 Å². The van der Waals surface area contributed by atoms with Gasteiger partial charge < -0.3 is 9.15 Å². The van der Waals surface area contributed by atoms with Crippen molar-refractivity contribution in [2.45, 2.75) is 26.8 Å². The number of benzene rings is 2. The molecule has 1 atom stereocenters. The molecule has 0 aliphatic carbocycles. The van der Waals surface area contributed by atoms with E-state index in [1.807, 2.05) is 26.8 Å². The van der Waals surface area contributed by atoms with Gasteiger partial charge in [-0.2, -0.15) is 0 Å². The third-order valence-electron chi connectivity index (χ3n) is 6.28. The van der Waals surface area contributed by atoms with Gasteiger partial charge in [0, 0.05) is 6.20 Å². The lowest BCUT2D eigenvalue weighted by molar-refractivity contribution is 0.0600. The Labute approximate surface area is 195 Å². The van der Waals surface area contributed by atoms with E-state index in [-0.39, 0.29) is 16.8 Å². The van der Waals surface area contributed by atoms with E-state index < -0.39 is 17.9 Å². The second kappa shape index (κ2) is 7.95. The molecule has 5 rings (SSSR count). The fraction of sp³-hybridized carbons (Fsp3) is 0.185. The minimum absolute atomic E-state index is 0.00479.